The second kappa shape index (κ2) is 9.03. The summed E-state index contributed by atoms with van der Waals surface area (Å²) in [5.41, 5.74) is 6.64. The molecule has 156 valence electrons. The van der Waals surface area contributed by atoms with Crippen molar-refractivity contribution in [3.05, 3.63) is 101 Å². The zero-order chi connectivity index (χ0) is 21.8. The molecule has 3 aromatic carbocycles. The highest BCUT2D eigenvalue weighted by molar-refractivity contribution is 5.76. The smallest absolute Gasteiger partial charge is 0.203 e. The van der Waals surface area contributed by atoms with Crippen LogP contribution >= 0.6 is 0 Å². The molecule has 5 heteroatoms. The third-order valence-electron chi connectivity index (χ3n) is 5.66. The van der Waals surface area contributed by atoms with Gasteiger partial charge in [0.05, 0.1) is 41.9 Å². The van der Waals surface area contributed by atoms with Crippen LogP contribution in [0.3, 0.4) is 0 Å². The number of aromatic nitrogens is 2. The summed E-state index contributed by atoms with van der Waals surface area (Å²) in [5, 5.41) is 18.1. The van der Waals surface area contributed by atoms with Crippen LogP contribution in [0, 0.1) is 23.7 Å². The average molecular weight is 411 g/mol. The molecule has 0 aliphatic carbocycles. The molecule has 1 N–H and O–H groups in total. The number of benzene rings is 3. The lowest BCUT2D eigenvalue weighted by molar-refractivity contribution is 0.154. The van der Waals surface area contributed by atoms with Crippen LogP contribution in [0.15, 0.2) is 72.8 Å². The van der Waals surface area contributed by atoms with Gasteiger partial charge < -0.3 is 13.9 Å². The molecule has 0 saturated heterocycles. The largest absolute Gasteiger partial charge is 0.383 e. The van der Waals surface area contributed by atoms with Gasteiger partial charge in [-0.15, -0.1) is 0 Å². The predicted octanol–water partition coefficient (Wildman–Crippen LogP) is 4.58. The zero-order valence-electron chi connectivity index (χ0n) is 17.9. The van der Waals surface area contributed by atoms with Crippen LogP contribution < -0.4 is 5.62 Å². The SMILES string of the molecule is COC[C@H](Cc1ccc(C)cc1)n1c(=N)n(Cc2ccc(C#N)cc2)c2ccccc21. The highest BCUT2D eigenvalue weighted by atomic mass is 16.5. The summed E-state index contributed by atoms with van der Waals surface area (Å²) in [6.07, 6.45) is 0.787. The van der Waals surface area contributed by atoms with Crippen LogP contribution in [0.4, 0.5) is 0 Å². The Labute approximate surface area is 182 Å². The van der Waals surface area contributed by atoms with E-state index in [1.165, 1.54) is 11.1 Å². The Morgan fingerprint density at radius 2 is 1.58 bits per heavy atom. The molecule has 1 heterocycles. The number of rotatable bonds is 7. The van der Waals surface area contributed by atoms with Crippen LogP contribution in [0.2, 0.25) is 0 Å². The lowest BCUT2D eigenvalue weighted by Crippen LogP contribution is -2.31. The first kappa shape index (κ1) is 20.6. The van der Waals surface area contributed by atoms with Gasteiger partial charge in [0.2, 0.25) is 5.62 Å². The van der Waals surface area contributed by atoms with Gasteiger partial charge in [0, 0.05) is 7.11 Å². The first-order valence-electron chi connectivity index (χ1n) is 10.4. The van der Waals surface area contributed by atoms with E-state index in [1.807, 2.05) is 41.0 Å². The Bertz CT molecular complexity index is 1270. The summed E-state index contributed by atoms with van der Waals surface area (Å²) in [6, 6.07) is 26.4. The normalized spacial score (nSPS) is 12.0. The molecule has 0 bridgehead atoms. The predicted molar refractivity (Wildman–Crippen MR) is 122 cm³/mol. The second-order valence-electron chi connectivity index (χ2n) is 7.88. The van der Waals surface area contributed by atoms with E-state index in [0.29, 0.717) is 24.3 Å². The van der Waals surface area contributed by atoms with Crippen LogP contribution in [-0.2, 0) is 17.7 Å². The maximum atomic E-state index is 9.05. The summed E-state index contributed by atoms with van der Waals surface area (Å²) in [6.45, 7) is 3.18. The number of nitriles is 1. The highest BCUT2D eigenvalue weighted by Crippen LogP contribution is 2.22. The van der Waals surface area contributed by atoms with Crippen molar-refractivity contribution in [1.29, 1.82) is 10.7 Å². The topological polar surface area (TPSA) is 66.7 Å². The quantitative estimate of drug-likeness (QED) is 0.485. The van der Waals surface area contributed by atoms with Gasteiger partial charge >= 0.3 is 0 Å². The summed E-state index contributed by atoms with van der Waals surface area (Å²) in [4.78, 5) is 0. The number of imidazole rings is 1. The number of nitrogens with zero attached hydrogens (tertiary/aromatic N) is 3. The van der Waals surface area contributed by atoms with Gasteiger partial charge in [0.1, 0.15) is 0 Å². The summed E-state index contributed by atoms with van der Waals surface area (Å²) in [7, 11) is 1.71. The molecular weight excluding hydrogens is 384 g/mol. The van der Waals surface area contributed by atoms with Gasteiger partial charge in [-0.05, 0) is 48.7 Å². The van der Waals surface area contributed by atoms with E-state index >= 15 is 0 Å². The fourth-order valence-electron chi connectivity index (χ4n) is 4.06. The molecule has 0 aliphatic heterocycles. The maximum absolute atomic E-state index is 9.05. The Morgan fingerprint density at radius 3 is 2.23 bits per heavy atom. The van der Waals surface area contributed by atoms with Crippen molar-refractivity contribution >= 4 is 11.0 Å². The molecule has 0 spiro atoms. The number of para-hydroxylation sites is 2. The number of aryl methyl sites for hydroxylation is 1. The molecule has 0 fully saturated rings. The van der Waals surface area contributed by atoms with Crippen molar-refractivity contribution in [3.8, 4) is 6.07 Å². The molecule has 0 unspecified atom stereocenters. The Balaban J connectivity index is 1.77. The molecule has 0 saturated carbocycles. The summed E-state index contributed by atoms with van der Waals surface area (Å²) in [5.74, 6) is 0. The summed E-state index contributed by atoms with van der Waals surface area (Å²) < 4.78 is 9.68. The molecule has 0 amide bonds. The van der Waals surface area contributed by atoms with E-state index in [4.69, 9.17) is 15.4 Å². The van der Waals surface area contributed by atoms with E-state index in [1.54, 1.807) is 7.11 Å². The standard InChI is InChI=1S/C26H26N4O/c1-19-7-9-20(10-8-19)15-23(18-31-2)30-25-6-4-3-5-24(25)29(26(30)28)17-22-13-11-21(16-27)12-14-22/h3-14,23,28H,15,17-18H2,1-2H3/t23-/m0/s1. The molecule has 31 heavy (non-hydrogen) atoms. The van der Waals surface area contributed by atoms with Gasteiger partial charge in [-0.1, -0.05) is 54.1 Å². The highest BCUT2D eigenvalue weighted by Gasteiger charge is 2.19. The number of nitrogens with one attached hydrogen (secondary N) is 1. The lowest BCUT2D eigenvalue weighted by atomic mass is 10.0. The number of hydrogen-bond acceptors (Lipinski definition) is 3. The Hall–Kier alpha value is -3.62. The van der Waals surface area contributed by atoms with Crippen molar-refractivity contribution < 1.29 is 4.74 Å². The van der Waals surface area contributed by atoms with Crippen LogP contribution in [-0.4, -0.2) is 22.9 Å². The van der Waals surface area contributed by atoms with Gasteiger partial charge in [-0.3, -0.25) is 5.41 Å². The minimum Gasteiger partial charge on any atom is -0.383 e. The van der Waals surface area contributed by atoms with Gasteiger partial charge in [0.25, 0.3) is 0 Å². The van der Waals surface area contributed by atoms with E-state index in [0.717, 1.165) is 23.0 Å². The third-order valence-corrected chi connectivity index (χ3v) is 5.66. The zero-order valence-corrected chi connectivity index (χ0v) is 17.9. The molecule has 0 aliphatic rings. The van der Waals surface area contributed by atoms with Crippen LogP contribution in [0.5, 0.6) is 0 Å². The van der Waals surface area contributed by atoms with Crippen LogP contribution in [0.1, 0.15) is 28.3 Å². The summed E-state index contributed by atoms with van der Waals surface area (Å²) >= 11 is 0. The van der Waals surface area contributed by atoms with E-state index < -0.39 is 0 Å². The van der Waals surface area contributed by atoms with Crippen molar-refractivity contribution in [1.82, 2.24) is 9.13 Å². The second-order valence-corrected chi connectivity index (χ2v) is 7.88. The van der Waals surface area contributed by atoms with E-state index in [2.05, 4.69) is 54.0 Å². The first-order valence-corrected chi connectivity index (χ1v) is 10.4. The lowest BCUT2D eigenvalue weighted by Gasteiger charge is -2.19. The van der Waals surface area contributed by atoms with Crippen molar-refractivity contribution in [2.24, 2.45) is 0 Å². The monoisotopic (exact) mass is 410 g/mol. The maximum Gasteiger partial charge on any atom is 0.203 e. The van der Waals surface area contributed by atoms with Crippen LogP contribution in [0.25, 0.3) is 11.0 Å². The average Bonchev–Trinajstić information content (AvgIpc) is 3.07. The van der Waals surface area contributed by atoms with Gasteiger partial charge in [-0.2, -0.15) is 5.26 Å². The number of hydrogen-bond donors (Lipinski definition) is 1. The number of fused-ring (bicyclic) bond motifs is 1. The molecule has 4 aromatic rings. The Morgan fingerprint density at radius 1 is 0.935 bits per heavy atom. The molecule has 4 rings (SSSR count). The van der Waals surface area contributed by atoms with Crippen molar-refractivity contribution in [3.63, 3.8) is 0 Å². The molecule has 1 atom stereocenters. The molecular formula is C26H26N4O. The van der Waals surface area contributed by atoms with Crippen molar-refractivity contribution in [2.45, 2.75) is 25.9 Å². The number of methoxy groups -OCH3 is 1. The van der Waals surface area contributed by atoms with E-state index in [-0.39, 0.29) is 6.04 Å². The first-order chi connectivity index (χ1) is 15.1. The molecule has 1 aromatic heterocycles. The third kappa shape index (κ3) is 4.30. The van der Waals surface area contributed by atoms with Crippen molar-refractivity contribution in [2.75, 3.05) is 13.7 Å². The minimum absolute atomic E-state index is 0.00678. The molecule has 5 nitrogen and oxygen atoms in total. The molecule has 0 radical (unpaired) electrons. The fraction of sp³-hybridized carbons (Fsp3) is 0.231. The van der Waals surface area contributed by atoms with Gasteiger partial charge in [0.15, 0.2) is 0 Å². The fourth-order valence-corrected chi connectivity index (χ4v) is 4.06. The van der Waals surface area contributed by atoms with Gasteiger partial charge in [-0.25, -0.2) is 0 Å². The minimum atomic E-state index is 0.00678. The Kier molecular flexibility index (Phi) is 6.01. The van der Waals surface area contributed by atoms with E-state index in [9.17, 15) is 0 Å². The number of ether oxygens (including phenoxy) is 1.